The highest BCUT2D eigenvalue weighted by Crippen LogP contribution is 2.30. The number of hydrogen-bond donors (Lipinski definition) is 0. The standard InChI is InChI=1S/C16H13FN2OS/c1-20-15-7-6-12(17)8-11(15)9-21-16-13-4-2-3-5-14(13)18-10-19-16/h2-8,10H,9H2,1H3. The Morgan fingerprint density at radius 3 is 2.86 bits per heavy atom. The zero-order valence-corrected chi connectivity index (χ0v) is 12.2. The van der Waals surface area contributed by atoms with Crippen molar-refractivity contribution in [3.63, 3.8) is 0 Å². The van der Waals surface area contributed by atoms with Crippen LogP contribution in [0, 0.1) is 5.82 Å². The predicted molar refractivity (Wildman–Crippen MR) is 82.1 cm³/mol. The van der Waals surface area contributed by atoms with Crippen LogP contribution in [0.5, 0.6) is 5.75 Å². The first kappa shape index (κ1) is 13.8. The molecule has 3 aromatic rings. The first-order valence-corrected chi connectivity index (χ1v) is 7.41. The molecule has 21 heavy (non-hydrogen) atoms. The van der Waals surface area contributed by atoms with Crippen LogP contribution < -0.4 is 4.74 Å². The highest BCUT2D eigenvalue weighted by atomic mass is 32.2. The van der Waals surface area contributed by atoms with E-state index in [1.165, 1.54) is 12.1 Å². The van der Waals surface area contributed by atoms with E-state index in [9.17, 15) is 4.39 Å². The second-order valence-electron chi connectivity index (χ2n) is 4.44. The van der Waals surface area contributed by atoms with Crippen LogP contribution in [0.3, 0.4) is 0 Å². The molecule has 0 atom stereocenters. The van der Waals surface area contributed by atoms with E-state index in [1.54, 1.807) is 31.3 Å². The van der Waals surface area contributed by atoms with Gasteiger partial charge in [0.2, 0.25) is 0 Å². The topological polar surface area (TPSA) is 35.0 Å². The van der Waals surface area contributed by atoms with Crippen LogP contribution in [-0.2, 0) is 5.75 Å². The average molecular weight is 300 g/mol. The van der Waals surface area contributed by atoms with E-state index in [0.29, 0.717) is 11.5 Å². The molecule has 0 saturated heterocycles. The van der Waals surface area contributed by atoms with Crippen molar-refractivity contribution >= 4 is 22.7 Å². The highest BCUT2D eigenvalue weighted by molar-refractivity contribution is 7.98. The summed E-state index contributed by atoms with van der Waals surface area (Å²) >= 11 is 1.54. The largest absolute Gasteiger partial charge is 0.496 e. The molecule has 0 saturated carbocycles. The molecule has 0 unspecified atom stereocenters. The number of rotatable bonds is 4. The molecule has 106 valence electrons. The van der Waals surface area contributed by atoms with Gasteiger partial charge < -0.3 is 4.74 Å². The number of hydrogen-bond acceptors (Lipinski definition) is 4. The second kappa shape index (κ2) is 6.10. The maximum atomic E-state index is 13.4. The molecule has 0 bridgehead atoms. The third-order valence-electron chi connectivity index (χ3n) is 3.11. The molecule has 2 aromatic carbocycles. The molecule has 1 heterocycles. The Balaban J connectivity index is 1.89. The van der Waals surface area contributed by atoms with E-state index in [4.69, 9.17) is 4.74 Å². The van der Waals surface area contributed by atoms with Crippen molar-refractivity contribution in [1.82, 2.24) is 9.97 Å². The maximum absolute atomic E-state index is 13.4. The van der Waals surface area contributed by atoms with Crippen molar-refractivity contribution < 1.29 is 9.13 Å². The number of halogens is 1. The Morgan fingerprint density at radius 2 is 2.00 bits per heavy atom. The fraction of sp³-hybridized carbons (Fsp3) is 0.125. The van der Waals surface area contributed by atoms with Gasteiger partial charge in [-0.1, -0.05) is 18.2 Å². The minimum Gasteiger partial charge on any atom is -0.496 e. The Morgan fingerprint density at radius 1 is 1.14 bits per heavy atom. The van der Waals surface area contributed by atoms with Crippen molar-refractivity contribution in [3.05, 3.63) is 60.2 Å². The van der Waals surface area contributed by atoms with Crippen LogP contribution in [0.2, 0.25) is 0 Å². The van der Waals surface area contributed by atoms with E-state index in [2.05, 4.69) is 9.97 Å². The summed E-state index contributed by atoms with van der Waals surface area (Å²) in [6, 6.07) is 12.4. The van der Waals surface area contributed by atoms with Gasteiger partial charge >= 0.3 is 0 Å². The summed E-state index contributed by atoms with van der Waals surface area (Å²) in [5.74, 6) is 1.00. The lowest BCUT2D eigenvalue weighted by atomic mass is 10.2. The number of methoxy groups -OCH3 is 1. The quantitative estimate of drug-likeness (QED) is 0.537. The van der Waals surface area contributed by atoms with Crippen molar-refractivity contribution in [2.75, 3.05) is 7.11 Å². The minimum absolute atomic E-state index is 0.265. The number of para-hydroxylation sites is 1. The average Bonchev–Trinajstić information content (AvgIpc) is 2.53. The summed E-state index contributed by atoms with van der Waals surface area (Å²) in [7, 11) is 1.58. The number of nitrogens with zero attached hydrogens (tertiary/aromatic N) is 2. The van der Waals surface area contributed by atoms with Gasteiger partial charge in [0.1, 0.15) is 22.9 Å². The lowest BCUT2D eigenvalue weighted by molar-refractivity contribution is 0.410. The Kier molecular flexibility index (Phi) is 4.01. The summed E-state index contributed by atoms with van der Waals surface area (Å²) in [6.07, 6.45) is 1.55. The molecule has 0 aliphatic heterocycles. The van der Waals surface area contributed by atoms with Crippen LogP contribution in [0.25, 0.3) is 10.9 Å². The zero-order valence-electron chi connectivity index (χ0n) is 11.4. The lowest BCUT2D eigenvalue weighted by Gasteiger charge is -2.09. The molecule has 0 amide bonds. The Hall–Kier alpha value is -2.14. The van der Waals surface area contributed by atoms with Gasteiger partial charge in [-0.2, -0.15) is 0 Å². The third-order valence-corrected chi connectivity index (χ3v) is 4.17. The number of aromatic nitrogens is 2. The number of benzene rings is 2. The fourth-order valence-electron chi connectivity index (χ4n) is 2.10. The molecule has 3 rings (SSSR count). The molecule has 0 fully saturated rings. The molecule has 5 heteroatoms. The molecule has 1 aromatic heterocycles. The van der Waals surface area contributed by atoms with Gasteiger partial charge in [-0.15, -0.1) is 11.8 Å². The summed E-state index contributed by atoms with van der Waals surface area (Å²) < 4.78 is 18.6. The van der Waals surface area contributed by atoms with E-state index in [-0.39, 0.29) is 5.82 Å². The molecular weight excluding hydrogens is 287 g/mol. The van der Waals surface area contributed by atoms with E-state index in [0.717, 1.165) is 21.5 Å². The van der Waals surface area contributed by atoms with Crippen LogP contribution in [0.1, 0.15) is 5.56 Å². The monoisotopic (exact) mass is 300 g/mol. The first-order chi connectivity index (χ1) is 10.3. The van der Waals surface area contributed by atoms with Crippen molar-refractivity contribution in [2.24, 2.45) is 0 Å². The smallest absolute Gasteiger partial charge is 0.123 e. The van der Waals surface area contributed by atoms with Crippen molar-refractivity contribution in [2.45, 2.75) is 10.8 Å². The molecule has 0 aliphatic carbocycles. The van der Waals surface area contributed by atoms with E-state index < -0.39 is 0 Å². The van der Waals surface area contributed by atoms with Crippen molar-refractivity contribution in [1.29, 1.82) is 0 Å². The zero-order chi connectivity index (χ0) is 14.7. The highest BCUT2D eigenvalue weighted by Gasteiger charge is 2.08. The summed E-state index contributed by atoms with van der Waals surface area (Å²) in [4.78, 5) is 8.55. The molecule has 0 N–H and O–H groups in total. The SMILES string of the molecule is COc1ccc(F)cc1CSc1ncnc2ccccc12. The van der Waals surface area contributed by atoms with Gasteiger partial charge in [0.25, 0.3) is 0 Å². The Bertz CT molecular complexity index is 774. The third kappa shape index (κ3) is 2.97. The van der Waals surface area contributed by atoms with Gasteiger partial charge in [-0.3, -0.25) is 0 Å². The van der Waals surface area contributed by atoms with Gasteiger partial charge in [0.05, 0.1) is 12.6 Å². The van der Waals surface area contributed by atoms with Gasteiger partial charge in [0.15, 0.2) is 0 Å². The number of fused-ring (bicyclic) bond motifs is 1. The first-order valence-electron chi connectivity index (χ1n) is 6.43. The van der Waals surface area contributed by atoms with Gasteiger partial charge in [-0.25, -0.2) is 14.4 Å². The fourth-order valence-corrected chi connectivity index (χ4v) is 3.07. The van der Waals surface area contributed by atoms with Crippen LogP contribution in [-0.4, -0.2) is 17.1 Å². The number of thioether (sulfide) groups is 1. The molecule has 0 aliphatic rings. The van der Waals surface area contributed by atoms with E-state index in [1.807, 2.05) is 24.3 Å². The minimum atomic E-state index is -0.265. The van der Waals surface area contributed by atoms with Crippen LogP contribution in [0.4, 0.5) is 4.39 Å². The summed E-state index contributed by atoms with van der Waals surface area (Å²) in [5.41, 5.74) is 1.71. The van der Waals surface area contributed by atoms with Crippen LogP contribution in [0.15, 0.2) is 53.8 Å². The van der Waals surface area contributed by atoms with Gasteiger partial charge in [0, 0.05) is 16.7 Å². The van der Waals surface area contributed by atoms with Gasteiger partial charge in [-0.05, 0) is 24.3 Å². The second-order valence-corrected chi connectivity index (χ2v) is 5.40. The van der Waals surface area contributed by atoms with Crippen LogP contribution >= 0.6 is 11.8 Å². The summed E-state index contributed by atoms with van der Waals surface area (Å²) in [6.45, 7) is 0. The molecule has 0 spiro atoms. The summed E-state index contributed by atoms with van der Waals surface area (Å²) in [5, 5.41) is 1.88. The number of ether oxygens (including phenoxy) is 1. The van der Waals surface area contributed by atoms with E-state index >= 15 is 0 Å². The maximum Gasteiger partial charge on any atom is 0.123 e. The van der Waals surface area contributed by atoms with Crippen molar-refractivity contribution in [3.8, 4) is 5.75 Å². The Labute approximate surface area is 126 Å². The lowest BCUT2D eigenvalue weighted by Crippen LogP contribution is -1.93. The normalized spacial score (nSPS) is 10.8. The molecular formula is C16H13FN2OS. The molecule has 0 radical (unpaired) electrons. The predicted octanol–water partition coefficient (Wildman–Crippen LogP) is 4.07. The molecule has 3 nitrogen and oxygen atoms in total.